The zero-order chi connectivity index (χ0) is 9.53. The molecular weight excluding hydrogens is 160 g/mol. The summed E-state index contributed by atoms with van der Waals surface area (Å²) < 4.78 is 0. The van der Waals surface area contributed by atoms with Crippen LogP contribution >= 0.6 is 0 Å². The maximum atomic E-state index is 3.62. The van der Waals surface area contributed by atoms with E-state index in [4.69, 9.17) is 0 Å². The van der Waals surface area contributed by atoms with Crippen LogP contribution in [0, 0.1) is 10.8 Å². The average Bonchev–Trinajstić information content (AvgIpc) is 2.01. The first kappa shape index (κ1) is 9.47. The minimum Gasteiger partial charge on any atom is -0.317 e. The van der Waals surface area contributed by atoms with Gasteiger partial charge in [0.2, 0.25) is 0 Å². The summed E-state index contributed by atoms with van der Waals surface area (Å²) in [6.07, 6.45) is 2.73. The van der Waals surface area contributed by atoms with E-state index in [-0.39, 0.29) is 0 Å². The Morgan fingerprint density at radius 1 is 1.15 bits per heavy atom. The smallest absolute Gasteiger partial charge is 0.0185 e. The molecule has 13 heavy (non-hydrogen) atoms. The molecule has 0 bridgehead atoms. The summed E-state index contributed by atoms with van der Waals surface area (Å²) in [5.74, 6) is 0. The molecule has 1 unspecified atom stereocenters. The van der Waals surface area contributed by atoms with E-state index < -0.39 is 0 Å². The molecule has 2 rings (SSSR count). The largest absolute Gasteiger partial charge is 0.317 e. The van der Waals surface area contributed by atoms with Gasteiger partial charge < -0.3 is 10.6 Å². The van der Waals surface area contributed by atoms with E-state index in [1.165, 1.54) is 32.5 Å². The van der Waals surface area contributed by atoms with Gasteiger partial charge in [-0.15, -0.1) is 0 Å². The normalized spacial score (nSPS) is 33.0. The van der Waals surface area contributed by atoms with Gasteiger partial charge in [0.1, 0.15) is 0 Å². The van der Waals surface area contributed by atoms with Crippen molar-refractivity contribution >= 4 is 0 Å². The van der Waals surface area contributed by atoms with Crippen molar-refractivity contribution in [1.29, 1.82) is 0 Å². The van der Waals surface area contributed by atoms with Gasteiger partial charge in [0.25, 0.3) is 0 Å². The van der Waals surface area contributed by atoms with Crippen molar-refractivity contribution in [3.8, 4) is 0 Å². The van der Waals surface area contributed by atoms with Crippen LogP contribution in [0.3, 0.4) is 0 Å². The number of piperidine rings is 1. The third-order valence-electron chi connectivity index (χ3n) is 3.74. The van der Waals surface area contributed by atoms with Crippen molar-refractivity contribution in [2.24, 2.45) is 10.8 Å². The van der Waals surface area contributed by atoms with E-state index in [9.17, 15) is 0 Å². The molecule has 0 radical (unpaired) electrons. The third kappa shape index (κ3) is 1.50. The minimum atomic E-state index is 0.426. The molecule has 2 heteroatoms. The predicted molar refractivity (Wildman–Crippen MR) is 55.8 cm³/mol. The van der Waals surface area contributed by atoms with Gasteiger partial charge in [-0.3, -0.25) is 0 Å². The Labute approximate surface area is 81.5 Å². The second-order valence-electron chi connectivity index (χ2n) is 5.79. The Morgan fingerprint density at radius 3 is 2.15 bits per heavy atom. The molecule has 0 amide bonds. The van der Waals surface area contributed by atoms with E-state index in [1.807, 2.05) is 0 Å². The number of hydrogen-bond donors (Lipinski definition) is 2. The molecule has 2 N–H and O–H groups in total. The van der Waals surface area contributed by atoms with Crippen molar-refractivity contribution in [3.63, 3.8) is 0 Å². The molecule has 0 aliphatic carbocycles. The van der Waals surface area contributed by atoms with Crippen LogP contribution in [0.2, 0.25) is 0 Å². The molecule has 0 aromatic carbocycles. The van der Waals surface area contributed by atoms with Crippen molar-refractivity contribution in [2.75, 3.05) is 19.6 Å². The lowest BCUT2D eigenvalue weighted by atomic mass is 9.59. The van der Waals surface area contributed by atoms with E-state index in [2.05, 4.69) is 31.4 Å². The van der Waals surface area contributed by atoms with Crippen LogP contribution in [0.25, 0.3) is 0 Å². The van der Waals surface area contributed by atoms with Gasteiger partial charge in [0.15, 0.2) is 0 Å². The summed E-state index contributed by atoms with van der Waals surface area (Å²) in [6, 6.07) is 0.738. The molecule has 2 nitrogen and oxygen atoms in total. The topological polar surface area (TPSA) is 24.1 Å². The molecule has 1 spiro atoms. The molecule has 0 aromatic heterocycles. The summed E-state index contributed by atoms with van der Waals surface area (Å²) in [5.41, 5.74) is 1.05. The number of hydrogen-bond acceptors (Lipinski definition) is 2. The Hall–Kier alpha value is -0.0800. The first-order chi connectivity index (χ1) is 6.05. The van der Waals surface area contributed by atoms with Crippen molar-refractivity contribution in [3.05, 3.63) is 0 Å². The van der Waals surface area contributed by atoms with Crippen molar-refractivity contribution in [1.82, 2.24) is 10.6 Å². The lowest BCUT2D eigenvalue weighted by Crippen LogP contribution is -2.69. The molecule has 2 fully saturated rings. The molecular formula is C11H22N2. The van der Waals surface area contributed by atoms with Crippen LogP contribution in [0.1, 0.15) is 33.6 Å². The highest BCUT2D eigenvalue weighted by molar-refractivity contribution is 5.08. The first-order valence-corrected chi connectivity index (χ1v) is 5.49. The van der Waals surface area contributed by atoms with E-state index in [1.54, 1.807) is 0 Å². The Bertz CT molecular complexity index is 187. The Balaban J connectivity index is 2.07. The SMILES string of the molecule is CC(C)(C)C1NCC12CCNCC2. The van der Waals surface area contributed by atoms with Gasteiger partial charge in [0.05, 0.1) is 0 Å². The highest BCUT2D eigenvalue weighted by atomic mass is 15.1. The quantitative estimate of drug-likeness (QED) is 0.591. The van der Waals surface area contributed by atoms with E-state index >= 15 is 0 Å². The summed E-state index contributed by atoms with van der Waals surface area (Å²) >= 11 is 0. The zero-order valence-corrected chi connectivity index (χ0v) is 9.11. The summed E-state index contributed by atoms with van der Waals surface area (Å²) in [6.45, 7) is 10.7. The van der Waals surface area contributed by atoms with Gasteiger partial charge in [0, 0.05) is 18.0 Å². The minimum absolute atomic E-state index is 0.426. The highest BCUT2D eigenvalue weighted by Gasteiger charge is 2.51. The van der Waals surface area contributed by atoms with Gasteiger partial charge in [-0.1, -0.05) is 20.8 Å². The van der Waals surface area contributed by atoms with Gasteiger partial charge in [-0.2, -0.15) is 0 Å². The first-order valence-electron chi connectivity index (χ1n) is 5.49. The van der Waals surface area contributed by atoms with Crippen molar-refractivity contribution in [2.45, 2.75) is 39.7 Å². The number of rotatable bonds is 0. The fourth-order valence-electron chi connectivity index (χ4n) is 3.11. The fraction of sp³-hybridized carbons (Fsp3) is 1.00. The van der Waals surface area contributed by atoms with Crippen LogP contribution in [-0.4, -0.2) is 25.7 Å². The molecule has 2 saturated heterocycles. The number of nitrogens with one attached hydrogen (secondary N) is 2. The molecule has 0 aromatic rings. The summed E-state index contributed by atoms with van der Waals surface area (Å²) in [7, 11) is 0. The maximum absolute atomic E-state index is 3.62. The summed E-state index contributed by atoms with van der Waals surface area (Å²) in [5, 5.41) is 7.07. The maximum Gasteiger partial charge on any atom is 0.0185 e. The third-order valence-corrected chi connectivity index (χ3v) is 3.74. The van der Waals surface area contributed by atoms with Gasteiger partial charge in [-0.25, -0.2) is 0 Å². The van der Waals surface area contributed by atoms with Crippen molar-refractivity contribution < 1.29 is 0 Å². The second-order valence-corrected chi connectivity index (χ2v) is 5.79. The van der Waals surface area contributed by atoms with Gasteiger partial charge >= 0.3 is 0 Å². The second kappa shape index (κ2) is 2.96. The Morgan fingerprint density at radius 2 is 1.77 bits per heavy atom. The van der Waals surface area contributed by atoms with Gasteiger partial charge in [-0.05, 0) is 31.3 Å². The van der Waals surface area contributed by atoms with E-state index in [0.717, 1.165) is 6.04 Å². The molecule has 2 heterocycles. The van der Waals surface area contributed by atoms with Crippen LogP contribution in [0.5, 0.6) is 0 Å². The van der Waals surface area contributed by atoms with Crippen LogP contribution < -0.4 is 10.6 Å². The molecule has 76 valence electrons. The lowest BCUT2D eigenvalue weighted by Gasteiger charge is -2.58. The standard InChI is InChI=1S/C11H22N2/c1-10(2,3)9-11(8-13-9)4-6-12-7-5-11/h9,12-13H,4-8H2,1-3H3. The monoisotopic (exact) mass is 182 g/mol. The predicted octanol–water partition coefficient (Wildman–Crippen LogP) is 1.37. The fourth-order valence-corrected chi connectivity index (χ4v) is 3.11. The zero-order valence-electron chi connectivity index (χ0n) is 9.11. The molecule has 1 atom stereocenters. The van der Waals surface area contributed by atoms with Crippen LogP contribution in [0.15, 0.2) is 0 Å². The average molecular weight is 182 g/mol. The van der Waals surface area contributed by atoms with E-state index in [0.29, 0.717) is 10.8 Å². The van der Waals surface area contributed by atoms with Crippen LogP contribution in [0.4, 0.5) is 0 Å². The molecule has 2 aliphatic rings. The van der Waals surface area contributed by atoms with Crippen LogP contribution in [-0.2, 0) is 0 Å². The Kier molecular flexibility index (Phi) is 2.16. The lowest BCUT2D eigenvalue weighted by molar-refractivity contribution is -0.0180. The molecule has 0 saturated carbocycles. The highest BCUT2D eigenvalue weighted by Crippen LogP contribution is 2.45. The molecule has 2 aliphatic heterocycles. The summed E-state index contributed by atoms with van der Waals surface area (Å²) in [4.78, 5) is 0.